The van der Waals surface area contributed by atoms with Crippen LogP contribution in [0.2, 0.25) is 0 Å². The van der Waals surface area contributed by atoms with Crippen LogP contribution in [0.1, 0.15) is 16.8 Å². The van der Waals surface area contributed by atoms with Crippen molar-refractivity contribution in [1.29, 1.82) is 0 Å². The molecule has 18 heavy (non-hydrogen) atoms. The number of carbonyl (C=O) groups excluding carboxylic acids is 1. The van der Waals surface area contributed by atoms with Crippen LogP contribution in [0.25, 0.3) is 11.0 Å². The van der Waals surface area contributed by atoms with E-state index < -0.39 is 11.5 Å². The lowest BCUT2D eigenvalue weighted by Gasteiger charge is -2.03. The van der Waals surface area contributed by atoms with Gasteiger partial charge in [0.2, 0.25) is 0 Å². The van der Waals surface area contributed by atoms with E-state index in [1.54, 1.807) is 24.3 Å². The first-order valence-electron chi connectivity index (χ1n) is 5.64. The molecule has 2 rings (SSSR count). The fourth-order valence-corrected chi connectivity index (χ4v) is 1.60. The number of hydrogen-bond acceptors (Lipinski definition) is 4. The van der Waals surface area contributed by atoms with Crippen molar-refractivity contribution in [1.82, 2.24) is 5.32 Å². The first-order chi connectivity index (χ1) is 8.72. The van der Waals surface area contributed by atoms with Gasteiger partial charge in [-0.3, -0.25) is 4.79 Å². The Morgan fingerprint density at radius 3 is 2.89 bits per heavy atom. The largest absolute Gasteiger partial charge is 0.422 e. The first-order valence-corrected chi connectivity index (χ1v) is 5.64. The lowest BCUT2D eigenvalue weighted by Crippen LogP contribution is -2.29. The molecular formula is C13H13NO4. The predicted octanol–water partition coefficient (Wildman–Crippen LogP) is 0.905. The van der Waals surface area contributed by atoms with Crippen molar-refractivity contribution in [2.75, 3.05) is 13.2 Å². The maximum Gasteiger partial charge on any atom is 0.349 e. The van der Waals surface area contributed by atoms with Gasteiger partial charge in [0.1, 0.15) is 11.1 Å². The third-order valence-electron chi connectivity index (χ3n) is 2.51. The SMILES string of the molecule is O=C(NCCCO)c1cc2ccccc2oc1=O. The van der Waals surface area contributed by atoms with Crippen LogP contribution in [0.5, 0.6) is 0 Å². The summed E-state index contributed by atoms with van der Waals surface area (Å²) in [5.74, 6) is -0.483. The molecule has 0 saturated carbocycles. The molecule has 0 fully saturated rings. The second-order valence-corrected chi connectivity index (χ2v) is 3.82. The van der Waals surface area contributed by atoms with Gasteiger partial charge in [-0.05, 0) is 18.6 Å². The Labute approximate surface area is 103 Å². The standard InChI is InChI=1S/C13H13NO4/c15-7-3-6-14-12(16)10-8-9-4-1-2-5-11(9)18-13(10)17/h1-2,4-5,8,15H,3,6-7H2,(H,14,16). The Kier molecular flexibility index (Phi) is 3.74. The van der Waals surface area contributed by atoms with E-state index >= 15 is 0 Å². The molecule has 1 heterocycles. The van der Waals surface area contributed by atoms with Crippen molar-refractivity contribution in [3.63, 3.8) is 0 Å². The molecule has 0 aliphatic rings. The minimum atomic E-state index is -0.657. The van der Waals surface area contributed by atoms with E-state index in [-0.39, 0.29) is 12.2 Å². The van der Waals surface area contributed by atoms with Crippen LogP contribution < -0.4 is 10.9 Å². The molecule has 1 aromatic carbocycles. The normalized spacial score (nSPS) is 10.5. The molecule has 0 radical (unpaired) electrons. The second kappa shape index (κ2) is 5.46. The van der Waals surface area contributed by atoms with E-state index in [0.29, 0.717) is 23.9 Å². The van der Waals surface area contributed by atoms with E-state index in [9.17, 15) is 9.59 Å². The van der Waals surface area contributed by atoms with Crippen molar-refractivity contribution in [2.45, 2.75) is 6.42 Å². The number of fused-ring (bicyclic) bond motifs is 1. The molecule has 0 bridgehead atoms. The molecule has 2 aromatic rings. The van der Waals surface area contributed by atoms with Gasteiger partial charge >= 0.3 is 5.63 Å². The topological polar surface area (TPSA) is 79.5 Å². The lowest BCUT2D eigenvalue weighted by atomic mass is 10.2. The van der Waals surface area contributed by atoms with Crippen LogP contribution >= 0.6 is 0 Å². The van der Waals surface area contributed by atoms with Crippen molar-refractivity contribution in [3.8, 4) is 0 Å². The number of amides is 1. The Hall–Kier alpha value is -2.14. The van der Waals surface area contributed by atoms with E-state index in [1.807, 2.05) is 0 Å². The molecule has 0 atom stereocenters. The zero-order chi connectivity index (χ0) is 13.0. The summed E-state index contributed by atoms with van der Waals surface area (Å²) < 4.78 is 5.05. The maximum absolute atomic E-state index is 11.7. The summed E-state index contributed by atoms with van der Waals surface area (Å²) in [6.07, 6.45) is 0.449. The molecular weight excluding hydrogens is 234 g/mol. The van der Waals surface area contributed by atoms with Crippen LogP contribution in [0.15, 0.2) is 39.5 Å². The first kappa shape index (κ1) is 12.3. The average Bonchev–Trinajstić information content (AvgIpc) is 2.38. The van der Waals surface area contributed by atoms with Crippen molar-refractivity contribution < 1.29 is 14.3 Å². The molecule has 2 N–H and O–H groups in total. The number of aliphatic hydroxyl groups is 1. The Balaban J connectivity index is 2.30. The Bertz CT molecular complexity index is 618. The number of benzene rings is 1. The van der Waals surface area contributed by atoms with Gasteiger partial charge in [0.25, 0.3) is 5.91 Å². The summed E-state index contributed by atoms with van der Waals surface area (Å²) in [7, 11) is 0. The molecule has 0 aliphatic carbocycles. The van der Waals surface area contributed by atoms with Crippen LogP contribution in [0.3, 0.4) is 0 Å². The smallest absolute Gasteiger partial charge is 0.349 e. The average molecular weight is 247 g/mol. The Morgan fingerprint density at radius 1 is 1.33 bits per heavy atom. The van der Waals surface area contributed by atoms with Gasteiger partial charge in [0, 0.05) is 18.5 Å². The fraction of sp³-hybridized carbons (Fsp3) is 0.231. The predicted molar refractivity (Wildman–Crippen MR) is 66.5 cm³/mol. The zero-order valence-corrected chi connectivity index (χ0v) is 9.68. The summed E-state index contributed by atoms with van der Waals surface area (Å²) in [6.45, 7) is 0.314. The maximum atomic E-state index is 11.7. The van der Waals surface area contributed by atoms with Gasteiger partial charge in [-0.1, -0.05) is 18.2 Å². The second-order valence-electron chi connectivity index (χ2n) is 3.82. The van der Waals surface area contributed by atoms with E-state index in [2.05, 4.69) is 5.32 Å². The Morgan fingerprint density at radius 2 is 2.11 bits per heavy atom. The minimum absolute atomic E-state index is 0.00733. The lowest BCUT2D eigenvalue weighted by molar-refractivity contribution is 0.0947. The number of rotatable bonds is 4. The molecule has 5 nitrogen and oxygen atoms in total. The summed E-state index contributed by atoms with van der Waals surface area (Å²) in [4.78, 5) is 23.4. The number of nitrogens with one attached hydrogen (secondary N) is 1. The highest BCUT2D eigenvalue weighted by atomic mass is 16.4. The molecule has 0 unspecified atom stereocenters. The number of carbonyl (C=O) groups is 1. The van der Waals surface area contributed by atoms with Gasteiger partial charge < -0.3 is 14.8 Å². The summed E-state index contributed by atoms with van der Waals surface area (Å²) in [5.41, 5.74) is -0.226. The van der Waals surface area contributed by atoms with Crippen LogP contribution in [-0.2, 0) is 0 Å². The quantitative estimate of drug-likeness (QED) is 0.621. The highest BCUT2D eigenvalue weighted by molar-refractivity contribution is 5.96. The molecule has 94 valence electrons. The minimum Gasteiger partial charge on any atom is -0.422 e. The van der Waals surface area contributed by atoms with E-state index in [1.165, 1.54) is 6.07 Å². The van der Waals surface area contributed by atoms with Gasteiger partial charge in [-0.2, -0.15) is 0 Å². The van der Waals surface area contributed by atoms with Gasteiger partial charge in [-0.25, -0.2) is 4.79 Å². The van der Waals surface area contributed by atoms with Crippen LogP contribution in [0.4, 0.5) is 0 Å². The molecule has 0 aliphatic heterocycles. The van der Waals surface area contributed by atoms with Crippen molar-refractivity contribution in [3.05, 3.63) is 46.3 Å². The fourth-order valence-electron chi connectivity index (χ4n) is 1.60. The van der Waals surface area contributed by atoms with E-state index in [4.69, 9.17) is 9.52 Å². The van der Waals surface area contributed by atoms with Crippen LogP contribution in [-0.4, -0.2) is 24.2 Å². The summed E-state index contributed by atoms with van der Waals surface area (Å²) >= 11 is 0. The zero-order valence-electron chi connectivity index (χ0n) is 9.68. The number of hydrogen-bond donors (Lipinski definition) is 2. The van der Waals surface area contributed by atoms with Gasteiger partial charge in [0.15, 0.2) is 0 Å². The summed E-state index contributed by atoms with van der Waals surface area (Å²) in [6, 6.07) is 8.50. The molecule has 0 saturated heterocycles. The van der Waals surface area contributed by atoms with Gasteiger partial charge in [-0.15, -0.1) is 0 Å². The number of aliphatic hydroxyl groups excluding tert-OH is 1. The molecule has 1 amide bonds. The van der Waals surface area contributed by atoms with Crippen molar-refractivity contribution in [2.24, 2.45) is 0 Å². The van der Waals surface area contributed by atoms with E-state index in [0.717, 1.165) is 0 Å². The van der Waals surface area contributed by atoms with Crippen molar-refractivity contribution >= 4 is 16.9 Å². The number of para-hydroxylation sites is 1. The van der Waals surface area contributed by atoms with Crippen LogP contribution in [0, 0.1) is 0 Å². The molecule has 5 heteroatoms. The molecule has 0 spiro atoms. The highest BCUT2D eigenvalue weighted by Gasteiger charge is 2.12. The highest BCUT2D eigenvalue weighted by Crippen LogP contribution is 2.12. The summed E-state index contributed by atoms with van der Waals surface area (Å²) in [5, 5.41) is 11.9. The third-order valence-corrected chi connectivity index (χ3v) is 2.51. The van der Waals surface area contributed by atoms with Gasteiger partial charge in [0.05, 0.1) is 0 Å². The third kappa shape index (κ3) is 2.57. The monoisotopic (exact) mass is 247 g/mol. The molecule has 1 aromatic heterocycles.